The van der Waals surface area contributed by atoms with Gasteiger partial charge in [0.05, 0.1) is 4.92 Å². The van der Waals surface area contributed by atoms with Crippen LogP contribution in [0.1, 0.15) is 11.4 Å². The molecule has 0 saturated carbocycles. The average molecular weight is 360 g/mol. The lowest BCUT2D eigenvalue weighted by molar-refractivity contribution is -0.386. The van der Waals surface area contributed by atoms with E-state index in [2.05, 4.69) is 10.4 Å². The van der Waals surface area contributed by atoms with Crippen molar-refractivity contribution in [1.82, 2.24) is 15.1 Å². The van der Waals surface area contributed by atoms with Crippen LogP contribution < -0.4 is 14.8 Å². The Morgan fingerprint density at radius 2 is 2.04 bits per heavy atom. The third-order valence-corrected chi connectivity index (χ3v) is 3.88. The van der Waals surface area contributed by atoms with E-state index in [0.29, 0.717) is 11.5 Å². The van der Waals surface area contributed by atoms with Gasteiger partial charge in [-0.25, -0.2) is 0 Å². The van der Waals surface area contributed by atoms with E-state index in [1.807, 2.05) is 0 Å². The SMILES string of the molecule is Cc1nn(CC(=O)NC(=O)[C@@H]2COc3ccccc3O2)c(C)c1[N+](=O)[O-]. The Balaban J connectivity index is 1.63. The molecule has 2 amide bonds. The van der Waals surface area contributed by atoms with Crippen LogP contribution in [0.3, 0.4) is 0 Å². The molecule has 10 nitrogen and oxygen atoms in total. The monoisotopic (exact) mass is 360 g/mol. The van der Waals surface area contributed by atoms with Crippen molar-refractivity contribution in [2.24, 2.45) is 0 Å². The summed E-state index contributed by atoms with van der Waals surface area (Å²) < 4.78 is 12.1. The number of imide groups is 1. The fraction of sp³-hybridized carbons (Fsp3) is 0.312. The number of aryl methyl sites for hydroxylation is 1. The zero-order chi connectivity index (χ0) is 18.8. The van der Waals surface area contributed by atoms with Crippen molar-refractivity contribution in [3.63, 3.8) is 0 Å². The van der Waals surface area contributed by atoms with Gasteiger partial charge in [-0.05, 0) is 26.0 Å². The van der Waals surface area contributed by atoms with Gasteiger partial charge in [0.2, 0.25) is 12.0 Å². The minimum Gasteiger partial charge on any atom is -0.485 e. The van der Waals surface area contributed by atoms with Crippen LogP contribution >= 0.6 is 0 Å². The number of carbonyl (C=O) groups is 2. The molecule has 0 spiro atoms. The lowest BCUT2D eigenvalue weighted by atomic mass is 10.2. The maximum Gasteiger partial charge on any atom is 0.312 e. The summed E-state index contributed by atoms with van der Waals surface area (Å²) in [7, 11) is 0. The number of nitro groups is 1. The van der Waals surface area contributed by atoms with Gasteiger partial charge in [-0.2, -0.15) is 5.10 Å². The second-order valence-corrected chi connectivity index (χ2v) is 5.71. The second kappa shape index (κ2) is 6.82. The summed E-state index contributed by atoms with van der Waals surface area (Å²) in [4.78, 5) is 34.7. The Bertz CT molecular complexity index is 891. The maximum atomic E-state index is 12.2. The van der Waals surface area contributed by atoms with Gasteiger partial charge in [-0.15, -0.1) is 0 Å². The lowest BCUT2D eigenvalue weighted by Gasteiger charge is -2.25. The molecule has 136 valence electrons. The number of hydrogen-bond donors (Lipinski definition) is 1. The number of benzene rings is 1. The highest BCUT2D eigenvalue weighted by atomic mass is 16.6. The van der Waals surface area contributed by atoms with Gasteiger partial charge in [-0.3, -0.25) is 29.7 Å². The van der Waals surface area contributed by atoms with Crippen molar-refractivity contribution in [2.75, 3.05) is 6.61 Å². The first-order valence-corrected chi connectivity index (χ1v) is 7.77. The molecule has 1 aliphatic heterocycles. The zero-order valence-electron chi connectivity index (χ0n) is 14.1. The van der Waals surface area contributed by atoms with Crippen molar-refractivity contribution in [3.05, 3.63) is 45.8 Å². The van der Waals surface area contributed by atoms with E-state index in [9.17, 15) is 19.7 Å². The first kappa shape index (κ1) is 17.4. The highest BCUT2D eigenvalue weighted by Crippen LogP contribution is 2.30. The standard InChI is InChI=1S/C16H16N4O6/c1-9-15(20(23)24)10(2)19(18-9)7-14(21)17-16(22)13-8-25-11-5-3-4-6-12(11)26-13/h3-6,13H,7-8H2,1-2H3,(H,17,21,22)/t13-/m0/s1. The molecule has 0 unspecified atom stereocenters. The number of ether oxygens (including phenoxy) is 2. The summed E-state index contributed by atoms with van der Waals surface area (Å²) in [6, 6.07) is 6.89. The van der Waals surface area contributed by atoms with E-state index in [1.54, 1.807) is 24.3 Å². The number of amides is 2. The number of para-hydroxylation sites is 2. The molecule has 0 fully saturated rings. The van der Waals surface area contributed by atoms with E-state index < -0.39 is 22.8 Å². The molecular formula is C16H16N4O6. The number of carbonyl (C=O) groups excluding carboxylic acids is 2. The largest absolute Gasteiger partial charge is 0.485 e. The topological polar surface area (TPSA) is 126 Å². The van der Waals surface area contributed by atoms with Crippen LogP contribution in [0, 0.1) is 24.0 Å². The highest BCUT2D eigenvalue weighted by molar-refractivity contribution is 5.97. The van der Waals surface area contributed by atoms with E-state index in [0.717, 1.165) is 0 Å². The van der Waals surface area contributed by atoms with Crippen molar-refractivity contribution < 1.29 is 24.0 Å². The number of aromatic nitrogens is 2. The van der Waals surface area contributed by atoms with E-state index in [-0.39, 0.29) is 30.2 Å². The third kappa shape index (κ3) is 3.34. The minimum atomic E-state index is -0.969. The van der Waals surface area contributed by atoms with Crippen LogP contribution in [-0.4, -0.2) is 39.2 Å². The summed E-state index contributed by atoms with van der Waals surface area (Å²) in [5.41, 5.74) is 0.290. The number of nitrogens with one attached hydrogen (secondary N) is 1. The normalized spacial score (nSPS) is 15.4. The van der Waals surface area contributed by atoms with Crippen molar-refractivity contribution in [2.45, 2.75) is 26.5 Å². The molecule has 3 rings (SSSR count). The molecule has 0 saturated heterocycles. The van der Waals surface area contributed by atoms with Crippen LogP contribution in [-0.2, 0) is 16.1 Å². The van der Waals surface area contributed by atoms with Crippen LogP contribution in [0.5, 0.6) is 11.5 Å². The van der Waals surface area contributed by atoms with E-state index in [1.165, 1.54) is 18.5 Å². The van der Waals surface area contributed by atoms with Gasteiger partial charge < -0.3 is 9.47 Å². The summed E-state index contributed by atoms with van der Waals surface area (Å²) in [6.07, 6.45) is -0.969. The second-order valence-electron chi connectivity index (χ2n) is 5.71. The van der Waals surface area contributed by atoms with Crippen molar-refractivity contribution in [3.8, 4) is 11.5 Å². The molecule has 1 aromatic heterocycles. The molecule has 0 radical (unpaired) electrons. The van der Waals surface area contributed by atoms with Crippen molar-refractivity contribution in [1.29, 1.82) is 0 Å². The predicted molar refractivity (Wildman–Crippen MR) is 87.9 cm³/mol. The Morgan fingerprint density at radius 3 is 2.69 bits per heavy atom. The first-order valence-electron chi connectivity index (χ1n) is 7.77. The molecule has 2 aromatic rings. The Morgan fingerprint density at radius 1 is 1.35 bits per heavy atom. The van der Waals surface area contributed by atoms with Gasteiger partial charge in [0, 0.05) is 0 Å². The molecule has 1 atom stereocenters. The average Bonchev–Trinajstić information content (AvgIpc) is 2.87. The molecule has 1 N–H and O–H groups in total. The third-order valence-electron chi connectivity index (χ3n) is 3.88. The quantitative estimate of drug-likeness (QED) is 0.634. The predicted octanol–water partition coefficient (Wildman–Crippen LogP) is 0.891. The fourth-order valence-electron chi connectivity index (χ4n) is 2.65. The Hall–Kier alpha value is -3.43. The fourth-order valence-corrected chi connectivity index (χ4v) is 2.65. The van der Waals surface area contributed by atoms with Gasteiger partial charge in [0.25, 0.3) is 5.91 Å². The van der Waals surface area contributed by atoms with Crippen LogP contribution in [0.15, 0.2) is 24.3 Å². The summed E-state index contributed by atoms with van der Waals surface area (Å²) >= 11 is 0. The first-order chi connectivity index (χ1) is 12.4. The number of hydrogen-bond acceptors (Lipinski definition) is 7. The molecule has 2 heterocycles. The Kier molecular flexibility index (Phi) is 4.57. The lowest BCUT2D eigenvalue weighted by Crippen LogP contribution is -2.47. The zero-order valence-corrected chi connectivity index (χ0v) is 14.1. The van der Waals surface area contributed by atoms with Crippen LogP contribution in [0.4, 0.5) is 5.69 Å². The maximum absolute atomic E-state index is 12.2. The molecule has 1 aromatic carbocycles. The van der Waals surface area contributed by atoms with E-state index >= 15 is 0 Å². The minimum absolute atomic E-state index is 0.0263. The van der Waals surface area contributed by atoms with Gasteiger partial charge in [0.1, 0.15) is 24.5 Å². The van der Waals surface area contributed by atoms with Gasteiger partial charge in [-0.1, -0.05) is 12.1 Å². The smallest absolute Gasteiger partial charge is 0.312 e. The molecule has 10 heteroatoms. The number of fused-ring (bicyclic) bond motifs is 1. The number of rotatable bonds is 4. The highest BCUT2D eigenvalue weighted by Gasteiger charge is 2.29. The summed E-state index contributed by atoms with van der Waals surface area (Å²) in [5, 5.41) is 17.2. The number of nitrogens with zero attached hydrogens (tertiary/aromatic N) is 3. The molecule has 0 aliphatic carbocycles. The van der Waals surface area contributed by atoms with E-state index in [4.69, 9.17) is 9.47 Å². The van der Waals surface area contributed by atoms with Crippen molar-refractivity contribution >= 4 is 17.5 Å². The van der Waals surface area contributed by atoms with Gasteiger partial charge >= 0.3 is 5.69 Å². The van der Waals surface area contributed by atoms with Crippen LogP contribution in [0.2, 0.25) is 0 Å². The molecular weight excluding hydrogens is 344 g/mol. The Labute approximate surface area is 147 Å². The van der Waals surface area contributed by atoms with Crippen LogP contribution in [0.25, 0.3) is 0 Å². The molecule has 26 heavy (non-hydrogen) atoms. The molecule has 1 aliphatic rings. The summed E-state index contributed by atoms with van der Waals surface area (Å²) in [6.45, 7) is 2.62. The molecule has 0 bridgehead atoms. The van der Waals surface area contributed by atoms with Gasteiger partial charge in [0.15, 0.2) is 11.5 Å². The summed E-state index contributed by atoms with van der Waals surface area (Å²) in [5.74, 6) is -0.364.